The first-order valence-corrected chi connectivity index (χ1v) is 4.72. The molecule has 1 aromatic rings. The van der Waals surface area contributed by atoms with Crippen molar-refractivity contribution in [1.29, 1.82) is 0 Å². The van der Waals surface area contributed by atoms with Gasteiger partial charge in [0.15, 0.2) is 0 Å². The summed E-state index contributed by atoms with van der Waals surface area (Å²) in [5.41, 5.74) is 8.71. The first-order chi connectivity index (χ1) is 6.05. The lowest BCUT2D eigenvalue weighted by Gasteiger charge is -2.04. The van der Waals surface area contributed by atoms with Gasteiger partial charge in [-0.25, -0.2) is 0 Å². The summed E-state index contributed by atoms with van der Waals surface area (Å²) in [4.78, 5) is 4.28. The Bertz CT molecular complexity index is 331. The Morgan fingerprint density at radius 1 is 1.46 bits per heavy atom. The lowest BCUT2D eigenvalue weighted by molar-refractivity contribution is 0.598. The van der Waals surface area contributed by atoms with Crippen LogP contribution in [0.5, 0.6) is 0 Å². The van der Waals surface area contributed by atoms with Crippen molar-refractivity contribution in [1.82, 2.24) is 4.98 Å². The number of nitrogens with zero attached hydrogens (tertiary/aromatic N) is 1. The van der Waals surface area contributed by atoms with Gasteiger partial charge in [-0.15, -0.1) is 0 Å². The van der Waals surface area contributed by atoms with Crippen LogP contribution in [0.25, 0.3) is 0 Å². The maximum atomic E-state index is 6.02. The molecular weight excluding hydrogens is 160 g/mol. The van der Waals surface area contributed by atoms with Crippen molar-refractivity contribution in [2.24, 2.45) is 11.1 Å². The van der Waals surface area contributed by atoms with Gasteiger partial charge in [-0.3, -0.25) is 4.98 Å². The van der Waals surface area contributed by atoms with Gasteiger partial charge < -0.3 is 5.73 Å². The Labute approximate surface area is 79.2 Å². The molecule has 2 heteroatoms. The summed E-state index contributed by atoms with van der Waals surface area (Å²) in [5.74, 6) is 0.501. The second-order valence-corrected chi connectivity index (χ2v) is 4.50. The van der Waals surface area contributed by atoms with Gasteiger partial charge in [-0.05, 0) is 24.0 Å². The molecule has 0 unspecified atom stereocenters. The molecule has 0 radical (unpaired) electrons. The maximum Gasteiger partial charge on any atom is 0.0408 e. The van der Waals surface area contributed by atoms with E-state index >= 15 is 0 Å². The average Bonchev–Trinajstić information content (AvgIpc) is 2.54. The molecule has 1 aromatic heterocycles. The smallest absolute Gasteiger partial charge is 0.0408 e. The summed E-state index contributed by atoms with van der Waals surface area (Å²) in [7, 11) is 0. The number of nitrogens with two attached hydrogens (primary N) is 1. The minimum Gasteiger partial charge on any atom is -0.327 e. The van der Waals surface area contributed by atoms with Crippen molar-refractivity contribution in [2.45, 2.75) is 32.7 Å². The molecule has 0 saturated heterocycles. The maximum absolute atomic E-state index is 6.02. The predicted octanol–water partition coefficient (Wildman–Crippen LogP) is 1.84. The summed E-state index contributed by atoms with van der Waals surface area (Å²) in [6, 6.07) is 4.43. The van der Waals surface area contributed by atoms with Gasteiger partial charge in [-0.1, -0.05) is 19.9 Å². The van der Waals surface area contributed by atoms with Crippen molar-refractivity contribution < 1.29 is 0 Å². The largest absolute Gasteiger partial charge is 0.327 e. The predicted molar refractivity (Wildman–Crippen MR) is 53.5 cm³/mol. The van der Waals surface area contributed by atoms with Crippen LogP contribution in [0.3, 0.4) is 0 Å². The van der Waals surface area contributed by atoms with Gasteiger partial charge in [0.25, 0.3) is 0 Å². The van der Waals surface area contributed by atoms with Gasteiger partial charge in [0.1, 0.15) is 0 Å². The summed E-state index contributed by atoms with van der Waals surface area (Å²) < 4.78 is 0. The highest BCUT2D eigenvalue weighted by Crippen LogP contribution is 2.57. The fraction of sp³-hybridized carbons (Fsp3) is 0.545. The lowest BCUT2D eigenvalue weighted by atomic mass is 10.0. The third-order valence-electron chi connectivity index (χ3n) is 3.29. The molecule has 0 amide bonds. The van der Waals surface area contributed by atoms with Crippen LogP contribution in [-0.2, 0) is 0 Å². The van der Waals surface area contributed by atoms with E-state index in [1.54, 1.807) is 0 Å². The third kappa shape index (κ3) is 1.17. The topological polar surface area (TPSA) is 38.9 Å². The number of aromatic nitrogens is 1. The highest BCUT2D eigenvalue weighted by molar-refractivity contribution is 5.36. The first-order valence-electron chi connectivity index (χ1n) is 4.72. The molecule has 1 aliphatic rings. The van der Waals surface area contributed by atoms with Gasteiger partial charge in [-0.2, -0.15) is 0 Å². The number of aryl methyl sites for hydroxylation is 1. The number of rotatable bonds is 1. The van der Waals surface area contributed by atoms with E-state index in [-0.39, 0.29) is 5.41 Å². The minimum absolute atomic E-state index is 0.258. The van der Waals surface area contributed by atoms with Crippen LogP contribution in [-0.4, -0.2) is 11.0 Å². The molecule has 0 spiro atoms. The fourth-order valence-corrected chi connectivity index (χ4v) is 2.10. The van der Waals surface area contributed by atoms with E-state index in [9.17, 15) is 0 Å². The second-order valence-electron chi connectivity index (χ2n) is 4.50. The zero-order valence-corrected chi connectivity index (χ0v) is 8.41. The SMILES string of the molecule is Cc1ncccc1[C@@H]1[C@@H](N)C1(C)C. The molecule has 13 heavy (non-hydrogen) atoms. The fourth-order valence-electron chi connectivity index (χ4n) is 2.10. The van der Waals surface area contributed by atoms with E-state index in [2.05, 4.69) is 31.8 Å². The van der Waals surface area contributed by atoms with Crippen molar-refractivity contribution in [3.8, 4) is 0 Å². The van der Waals surface area contributed by atoms with Gasteiger partial charge in [0.05, 0.1) is 0 Å². The van der Waals surface area contributed by atoms with Crippen molar-refractivity contribution in [3.63, 3.8) is 0 Å². The van der Waals surface area contributed by atoms with Crippen molar-refractivity contribution in [2.75, 3.05) is 0 Å². The van der Waals surface area contributed by atoms with E-state index in [1.807, 2.05) is 12.3 Å². The van der Waals surface area contributed by atoms with E-state index in [1.165, 1.54) is 5.56 Å². The Hall–Kier alpha value is -0.890. The quantitative estimate of drug-likeness (QED) is 0.709. The van der Waals surface area contributed by atoms with Crippen LogP contribution in [0.4, 0.5) is 0 Å². The molecule has 2 atom stereocenters. The molecule has 1 heterocycles. The summed E-state index contributed by atoms with van der Waals surface area (Å²) in [6.07, 6.45) is 1.83. The third-order valence-corrected chi connectivity index (χ3v) is 3.29. The average molecular weight is 176 g/mol. The van der Waals surface area contributed by atoms with Crippen LogP contribution in [0.15, 0.2) is 18.3 Å². The molecule has 1 saturated carbocycles. The van der Waals surface area contributed by atoms with E-state index in [4.69, 9.17) is 5.73 Å². The van der Waals surface area contributed by atoms with Crippen LogP contribution in [0.1, 0.15) is 31.0 Å². The Kier molecular flexibility index (Phi) is 1.70. The highest BCUT2D eigenvalue weighted by atomic mass is 14.8. The lowest BCUT2D eigenvalue weighted by Crippen LogP contribution is -2.06. The van der Waals surface area contributed by atoms with Gasteiger partial charge >= 0.3 is 0 Å². The zero-order valence-electron chi connectivity index (χ0n) is 8.41. The highest BCUT2D eigenvalue weighted by Gasteiger charge is 2.56. The molecular formula is C11H16N2. The molecule has 2 N–H and O–H groups in total. The second kappa shape index (κ2) is 2.55. The van der Waals surface area contributed by atoms with E-state index in [0.717, 1.165) is 5.69 Å². The van der Waals surface area contributed by atoms with Crippen LogP contribution in [0.2, 0.25) is 0 Å². The monoisotopic (exact) mass is 176 g/mol. The van der Waals surface area contributed by atoms with Crippen LogP contribution in [0, 0.1) is 12.3 Å². The standard InChI is InChI=1S/C11H16N2/c1-7-8(5-4-6-13-7)9-10(12)11(9,2)3/h4-6,9-10H,12H2,1-3H3/t9-,10-/m1/s1. The number of hydrogen-bond acceptors (Lipinski definition) is 2. The normalized spacial score (nSPS) is 30.2. The molecule has 2 rings (SSSR count). The number of hydrogen-bond donors (Lipinski definition) is 1. The molecule has 1 aliphatic carbocycles. The minimum atomic E-state index is 0.258. The molecule has 0 bridgehead atoms. The molecule has 1 fully saturated rings. The molecule has 70 valence electrons. The first kappa shape index (κ1) is 8.70. The summed E-state index contributed by atoms with van der Waals surface area (Å²) in [6.45, 7) is 6.49. The molecule has 2 nitrogen and oxygen atoms in total. The van der Waals surface area contributed by atoms with Crippen molar-refractivity contribution in [3.05, 3.63) is 29.6 Å². The summed E-state index contributed by atoms with van der Waals surface area (Å²) in [5, 5.41) is 0. The van der Waals surface area contributed by atoms with Crippen LogP contribution < -0.4 is 5.73 Å². The molecule has 0 aromatic carbocycles. The molecule has 0 aliphatic heterocycles. The summed E-state index contributed by atoms with van der Waals surface area (Å²) >= 11 is 0. The Morgan fingerprint density at radius 2 is 2.08 bits per heavy atom. The van der Waals surface area contributed by atoms with E-state index in [0.29, 0.717) is 12.0 Å². The van der Waals surface area contributed by atoms with Gasteiger partial charge in [0.2, 0.25) is 0 Å². The number of pyridine rings is 1. The Morgan fingerprint density at radius 3 is 2.54 bits per heavy atom. The van der Waals surface area contributed by atoms with Crippen LogP contribution >= 0.6 is 0 Å². The van der Waals surface area contributed by atoms with E-state index < -0.39 is 0 Å². The van der Waals surface area contributed by atoms with Gasteiger partial charge in [0, 0.05) is 23.9 Å². The zero-order chi connectivity index (χ0) is 9.64. The van der Waals surface area contributed by atoms with Crippen molar-refractivity contribution >= 4 is 0 Å². The Balaban J connectivity index is 2.34.